The fourth-order valence-corrected chi connectivity index (χ4v) is 2.17. The Hall–Kier alpha value is -1.18. The Bertz CT molecular complexity index is 490. The molecule has 0 amide bonds. The molecule has 1 aromatic rings. The van der Waals surface area contributed by atoms with E-state index < -0.39 is 15.9 Å². The Balaban J connectivity index is 2.17. The maximum atomic E-state index is 12.7. The predicted molar refractivity (Wildman–Crippen MR) is 75.1 cm³/mol. The molecule has 0 fully saturated rings. The Morgan fingerprint density at radius 2 is 2.00 bits per heavy atom. The van der Waals surface area contributed by atoms with Gasteiger partial charge in [-0.25, -0.2) is 12.8 Å². The zero-order valence-electron chi connectivity index (χ0n) is 11.4. The molecule has 0 radical (unpaired) electrons. The van der Waals surface area contributed by atoms with Crippen LogP contribution in [-0.4, -0.2) is 50.8 Å². The zero-order chi connectivity index (χ0) is 15.0. The Morgan fingerprint density at radius 3 is 2.60 bits per heavy atom. The van der Waals surface area contributed by atoms with E-state index in [0.717, 1.165) is 0 Å². The molecule has 0 saturated heterocycles. The topological polar surface area (TPSA) is 75.6 Å². The zero-order valence-corrected chi connectivity index (χ0v) is 12.2. The van der Waals surface area contributed by atoms with Crippen LogP contribution >= 0.6 is 0 Å². The van der Waals surface area contributed by atoms with Gasteiger partial charge in [0.25, 0.3) is 0 Å². The molecule has 1 atom stereocenters. The van der Waals surface area contributed by atoms with Gasteiger partial charge in [0.1, 0.15) is 24.3 Å². The fraction of sp³-hybridized carbons (Fsp3) is 0.538. The van der Waals surface area contributed by atoms with Gasteiger partial charge in [-0.2, -0.15) is 0 Å². The predicted octanol–water partition coefficient (Wildman–Crippen LogP) is 0.590. The van der Waals surface area contributed by atoms with Gasteiger partial charge in [0.2, 0.25) is 0 Å². The minimum absolute atomic E-state index is 0.0506. The highest BCUT2D eigenvalue weighted by molar-refractivity contribution is 7.91. The number of aliphatic hydroxyl groups excluding tert-OH is 1. The largest absolute Gasteiger partial charge is 0.491 e. The second-order valence-electron chi connectivity index (χ2n) is 4.36. The Kier molecular flexibility index (Phi) is 6.90. The van der Waals surface area contributed by atoms with Crippen molar-refractivity contribution >= 4 is 9.84 Å². The number of sulfone groups is 1. The summed E-state index contributed by atoms with van der Waals surface area (Å²) in [5.41, 5.74) is 0. The van der Waals surface area contributed by atoms with E-state index in [-0.39, 0.29) is 30.5 Å². The summed E-state index contributed by atoms with van der Waals surface area (Å²) in [4.78, 5) is 0. The highest BCUT2D eigenvalue weighted by Gasteiger charge is 2.08. The summed E-state index contributed by atoms with van der Waals surface area (Å²) in [5, 5.41) is 12.5. The summed E-state index contributed by atoms with van der Waals surface area (Å²) >= 11 is 0. The normalized spacial score (nSPS) is 13.2. The lowest BCUT2D eigenvalue weighted by Crippen LogP contribution is -2.34. The third kappa shape index (κ3) is 6.83. The molecule has 2 N–H and O–H groups in total. The van der Waals surface area contributed by atoms with Crippen LogP contribution in [0.2, 0.25) is 0 Å². The van der Waals surface area contributed by atoms with E-state index >= 15 is 0 Å². The molecule has 1 rings (SSSR count). The lowest BCUT2D eigenvalue weighted by atomic mass is 10.3. The molecule has 0 aromatic heterocycles. The van der Waals surface area contributed by atoms with Gasteiger partial charge in [0.15, 0.2) is 9.84 Å². The molecule has 114 valence electrons. The minimum Gasteiger partial charge on any atom is -0.491 e. The molecule has 7 heteroatoms. The van der Waals surface area contributed by atoms with Crippen LogP contribution in [0, 0.1) is 5.82 Å². The summed E-state index contributed by atoms with van der Waals surface area (Å²) in [5.74, 6) is 0.288. The number of ether oxygens (including phenoxy) is 1. The third-order valence-corrected chi connectivity index (χ3v) is 4.37. The summed E-state index contributed by atoms with van der Waals surface area (Å²) < 4.78 is 40.4. The van der Waals surface area contributed by atoms with Crippen LogP contribution in [0.4, 0.5) is 4.39 Å². The van der Waals surface area contributed by atoms with Crippen molar-refractivity contribution in [3.8, 4) is 5.75 Å². The van der Waals surface area contributed by atoms with Crippen LogP contribution in [-0.2, 0) is 9.84 Å². The molecule has 0 heterocycles. The maximum Gasteiger partial charge on any atom is 0.151 e. The molecule has 1 unspecified atom stereocenters. The number of hydrogen-bond donors (Lipinski definition) is 2. The molecule has 0 bridgehead atoms. The number of rotatable bonds is 9. The van der Waals surface area contributed by atoms with E-state index in [9.17, 15) is 17.9 Å². The monoisotopic (exact) mass is 305 g/mol. The van der Waals surface area contributed by atoms with Crippen molar-refractivity contribution < 1.29 is 22.7 Å². The number of benzene rings is 1. The average Bonchev–Trinajstić information content (AvgIpc) is 2.43. The van der Waals surface area contributed by atoms with E-state index in [2.05, 4.69) is 5.32 Å². The van der Waals surface area contributed by atoms with Crippen LogP contribution < -0.4 is 10.1 Å². The van der Waals surface area contributed by atoms with Gasteiger partial charge < -0.3 is 15.2 Å². The van der Waals surface area contributed by atoms with Crippen LogP contribution in [0.25, 0.3) is 0 Å². The van der Waals surface area contributed by atoms with Crippen molar-refractivity contribution in [1.82, 2.24) is 5.32 Å². The van der Waals surface area contributed by atoms with Gasteiger partial charge in [-0.3, -0.25) is 0 Å². The second-order valence-corrected chi connectivity index (χ2v) is 6.83. The van der Waals surface area contributed by atoms with E-state index in [1.54, 1.807) is 6.92 Å². The first-order chi connectivity index (χ1) is 9.43. The number of nitrogens with one attached hydrogen (secondary N) is 1. The van der Waals surface area contributed by atoms with Crippen molar-refractivity contribution in [2.45, 2.75) is 13.0 Å². The van der Waals surface area contributed by atoms with Crippen LogP contribution in [0.15, 0.2) is 24.3 Å². The second kappa shape index (κ2) is 8.18. The van der Waals surface area contributed by atoms with Gasteiger partial charge in [0.05, 0.1) is 5.75 Å². The van der Waals surface area contributed by atoms with E-state index in [1.807, 2.05) is 0 Å². The van der Waals surface area contributed by atoms with Crippen molar-refractivity contribution in [2.24, 2.45) is 0 Å². The number of hydrogen-bond acceptors (Lipinski definition) is 5. The smallest absolute Gasteiger partial charge is 0.151 e. The molecule has 0 spiro atoms. The third-order valence-electron chi connectivity index (χ3n) is 2.67. The van der Waals surface area contributed by atoms with Crippen molar-refractivity contribution in [3.05, 3.63) is 30.1 Å². The molecule has 5 nitrogen and oxygen atoms in total. The SMILES string of the molecule is CCS(=O)(=O)CCNCC(O)COc1ccc(F)cc1. The summed E-state index contributed by atoms with van der Waals surface area (Å²) in [6.45, 7) is 2.18. The number of halogens is 1. The fourth-order valence-electron chi connectivity index (χ4n) is 1.42. The molecule has 0 saturated carbocycles. The molecule has 1 aromatic carbocycles. The Morgan fingerprint density at radius 1 is 1.35 bits per heavy atom. The number of aliphatic hydroxyl groups is 1. The first-order valence-electron chi connectivity index (χ1n) is 6.40. The van der Waals surface area contributed by atoms with Gasteiger partial charge in [-0.15, -0.1) is 0 Å². The van der Waals surface area contributed by atoms with Gasteiger partial charge >= 0.3 is 0 Å². The average molecular weight is 305 g/mol. The Labute approximate surface area is 118 Å². The van der Waals surface area contributed by atoms with Gasteiger partial charge in [-0.1, -0.05) is 6.92 Å². The van der Waals surface area contributed by atoms with E-state index in [0.29, 0.717) is 12.3 Å². The van der Waals surface area contributed by atoms with Crippen LogP contribution in [0.3, 0.4) is 0 Å². The van der Waals surface area contributed by atoms with E-state index in [1.165, 1.54) is 24.3 Å². The van der Waals surface area contributed by atoms with Gasteiger partial charge in [0, 0.05) is 18.8 Å². The molecular weight excluding hydrogens is 285 g/mol. The highest BCUT2D eigenvalue weighted by atomic mass is 32.2. The van der Waals surface area contributed by atoms with E-state index in [4.69, 9.17) is 4.74 Å². The standard InChI is InChI=1S/C13H20FNO4S/c1-2-20(17,18)8-7-15-9-12(16)10-19-13-5-3-11(14)4-6-13/h3-6,12,15-16H,2,7-10H2,1H3. The van der Waals surface area contributed by atoms with Crippen LogP contribution in [0.1, 0.15) is 6.92 Å². The molecular formula is C13H20FNO4S. The first kappa shape index (κ1) is 16.9. The molecule has 20 heavy (non-hydrogen) atoms. The maximum absolute atomic E-state index is 12.7. The molecule has 0 aliphatic rings. The summed E-state index contributed by atoms with van der Waals surface area (Å²) in [6.07, 6.45) is -0.760. The summed E-state index contributed by atoms with van der Waals surface area (Å²) in [7, 11) is -2.99. The molecule has 0 aliphatic carbocycles. The minimum atomic E-state index is -2.99. The summed E-state index contributed by atoms with van der Waals surface area (Å²) in [6, 6.07) is 5.50. The van der Waals surface area contributed by atoms with Crippen molar-refractivity contribution in [1.29, 1.82) is 0 Å². The van der Waals surface area contributed by atoms with Gasteiger partial charge in [-0.05, 0) is 24.3 Å². The van der Waals surface area contributed by atoms with Crippen LogP contribution in [0.5, 0.6) is 5.75 Å². The lowest BCUT2D eigenvalue weighted by Gasteiger charge is -2.13. The lowest BCUT2D eigenvalue weighted by molar-refractivity contribution is 0.107. The quantitative estimate of drug-likeness (QED) is 0.653. The van der Waals surface area contributed by atoms with Crippen molar-refractivity contribution in [2.75, 3.05) is 31.2 Å². The molecule has 0 aliphatic heterocycles. The first-order valence-corrected chi connectivity index (χ1v) is 8.22. The van der Waals surface area contributed by atoms with Crippen molar-refractivity contribution in [3.63, 3.8) is 0 Å². The highest BCUT2D eigenvalue weighted by Crippen LogP contribution is 2.11.